The van der Waals surface area contributed by atoms with Gasteiger partial charge in [-0.05, 0) is 38.3 Å². The van der Waals surface area contributed by atoms with Crippen LogP contribution in [0.5, 0.6) is 5.75 Å². The van der Waals surface area contributed by atoms with E-state index in [4.69, 9.17) is 21.6 Å². The number of nitrogens with two attached hydrogens (primary N) is 2. The molecule has 0 amide bonds. The van der Waals surface area contributed by atoms with Crippen LogP contribution in [-0.2, 0) is 0 Å². The summed E-state index contributed by atoms with van der Waals surface area (Å²) < 4.78 is 5.89. The highest BCUT2D eigenvalue weighted by molar-refractivity contribution is 6.37. The predicted octanol–water partition coefficient (Wildman–Crippen LogP) is 2.05. The first-order valence-corrected chi connectivity index (χ1v) is 8.21. The standard InChI is InChI=1S/C17H27N5O/c1-13-14(22-10-3-2-4-11-22)7-5-8-15(13)23-12-6-9-21-17(20)16(18)19/h5,7-8H,2-4,6,9-12H2,1H3,(H3,18,19)(H2,20,21). The fourth-order valence-corrected chi connectivity index (χ4v) is 2.77. The molecule has 6 nitrogen and oxygen atoms in total. The number of anilines is 1. The Bertz CT molecular complexity index is 564. The first kappa shape index (κ1) is 17.1. The van der Waals surface area contributed by atoms with Gasteiger partial charge in [0.05, 0.1) is 6.61 Å². The Morgan fingerprint density at radius 1 is 1.26 bits per heavy atom. The Balaban J connectivity index is 1.88. The predicted molar refractivity (Wildman–Crippen MR) is 95.8 cm³/mol. The van der Waals surface area contributed by atoms with Crippen molar-refractivity contribution in [2.24, 2.45) is 16.5 Å². The van der Waals surface area contributed by atoms with E-state index in [2.05, 4.69) is 28.9 Å². The lowest BCUT2D eigenvalue weighted by Gasteiger charge is -2.30. The lowest BCUT2D eigenvalue weighted by molar-refractivity contribution is 0.311. The second kappa shape index (κ2) is 8.41. The highest BCUT2D eigenvalue weighted by Gasteiger charge is 2.14. The molecule has 5 N–H and O–H groups in total. The lowest BCUT2D eigenvalue weighted by Crippen LogP contribution is -2.30. The van der Waals surface area contributed by atoms with Crippen molar-refractivity contribution in [2.45, 2.75) is 32.6 Å². The van der Waals surface area contributed by atoms with Crippen LogP contribution in [0.2, 0.25) is 0 Å². The molecular formula is C17H27N5O. The minimum absolute atomic E-state index is 0.0910. The van der Waals surface area contributed by atoms with Gasteiger partial charge >= 0.3 is 0 Å². The molecule has 0 bridgehead atoms. The number of nitrogens with zero attached hydrogens (tertiary/aromatic N) is 2. The van der Waals surface area contributed by atoms with Crippen LogP contribution in [0.25, 0.3) is 0 Å². The Kier molecular flexibility index (Phi) is 6.26. The molecular weight excluding hydrogens is 290 g/mol. The molecule has 1 heterocycles. The Morgan fingerprint density at radius 2 is 2.00 bits per heavy atom. The summed E-state index contributed by atoms with van der Waals surface area (Å²) in [4.78, 5) is 6.47. The van der Waals surface area contributed by atoms with E-state index in [-0.39, 0.29) is 11.7 Å². The lowest BCUT2D eigenvalue weighted by atomic mass is 10.1. The molecule has 0 aromatic heterocycles. The zero-order valence-corrected chi connectivity index (χ0v) is 13.8. The van der Waals surface area contributed by atoms with E-state index < -0.39 is 0 Å². The maximum Gasteiger partial charge on any atom is 0.161 e. The van der Waals surface area contributed by atoms with Crippen LogP contribution in [0.4, 0.5) is 5.69 Å². The fraction of sp³-hybridized carbons (Fsp3) is 0.529. The zero-order chi connectivity index (χ0) is 16.7. The third-order valence-corrected chi connectivity index (χ3v) is 4.07. The van der Waals surface area contributed by atoms with Crippen molar-refractivity contribution < 1.29 is 4.74 Å². The molecule has 0 radical (unpaired) electrons. The largest absolute Gasteiger partial charge is 0.493 e. The summed E-state index contributed by atoms with van der Waals surface area (Å²) in [7, 11) is 0. The Labute approximate surface area is 138 Å². The number of aliphatic imine (C=N–C) groups is 1. The number of rotatable bonds is 6. The third kappa shape index (κ3) is 4.87. The quantitative estimate of drug-likeness (QED) is 0.424. The van der Waals surface area contributed by atoms with Gasteiger partial charge < -0.3 is 21.1 Å². The summed E-state index contributed by atoms with van der Waals surface area (Å²) in [6, 6.07) is 6.24. The van der Waals surface area contributed by atoms with E-state index in [1.54, 1.807) is 0 Å². The molecule has 1 fully saturated rings. The maximum absolute atomic E-state index is 7.15. The number of hydrogen-bond acceptors (Lipinski definition) is 4. The van der Waals surface area contributed by atoms with Crippen LogP contribution in [0.15, 0.2) is 23.2 Å². The van der Waals surface area contributed by atoms with Gasteiger partial charge in [-0.2, -0.15) is 0 Å². The molecule has 0 saturated carbocycles. The van der Waals surface area contributed by atoms with Gasteiger partial charge in [0.25, 0.3) is 0 Å². The minimum atomic E-state index is -0.184. The monoisotopic (exact) mass is 317 g/mol. The molecule has 0 aliphatic carbocycles. The molecule has 23 heavy (non-hydrogen) atoms. The number of benzene rings is 1. The van der Waals surface area contributed by atoms with Crippen molar-refractivity contribution in [3.63, 3.8) is 0 Å². The van der Waals surface area contributed by atoms with Crippen LogP contribution < -0.4 is 21.1 Å². The van der Waals surface area contributed by atoms with Gasteiger partial charge in [-0.25, -0.2) is 0 Å². The molecule has 2 rings (SSSR count). The van der Waals surface area contributed by atoms with Gasteiger partial charge in [0.1, 0.15) is 5.75 Å². The first-order valence-electron chi connectivity index (χ1n) is 8.21. The van der Waals surface area contributed by atoms with Crippen molar-refractivity contribution in [2.75, 3.05) is 31.1 Å². The van der Waals surface area contributed by atoms with Crippen molar-refractivity contribution in [1.82, 2.24) is 0 Å². The third-order valence-electron chi connectivity index (χ3n) is 4.07. The molecule has 6 heteroatoms. The van der Waals surface area contributed by atoms with Crippen molar-refractivity contribution in [3.05, 3.63) is 23.8 Å². The molecule has 1 saturated heterocycles. The molecule has 0 unspecified atom stereocenters. The van der Waals surface area contributed by atoms with E-state index in [1.807, 2.05) is 6.07 Å². The molecule has 0 spiro atoms. The SMILES string of the molecule is Cc1c(OCCCN=C(N)C(=N)N)cccc1N1CCCCC1. The van der Waals surface area contributed by atoms with Gasteiger partial charge in [-0.15, -0.1) is 0 Å². The average molecular weight is 317 g/mol. The normalized spacial score (nSPS) is 15.5. The molecule has 0 atom stereocenters. The minimum Gasteiger partial charge on any atom is -0.493 e. The van der Waals surface area contributed by atoms with Crippen LogP contribution in [0.1, 0.15) is 31.2 Å². The Morgan fingerprint density at radius 3 is 2.70 bits per heavy atom. The first-order chi connectivity index (χ1) is 11.1. The molecule has 1 aromatic carbocycles. The highest BCUT2D eigenvalue weighted by atomic mass is 16.5. The number of hydrogen-bond donors (Lipinski definition) is 3. The van der Waals surface area contributed by atoms with Crippen molar-refractivity contribution >= 4 is 17.4 Å². The fourth-order valence-electron chi connectivity index (χ4n) is 2.77. The topological polar surface area (TPSA) is 101 Å². The van der Waals surface area contributed by atoms with E-state index in [9.17, 15) is 0 Å². The number of nitrogens with one attached hydrogen (secondary N) is 1. The van der Waals surface area contributed by atoms with E-state index in [0.29, 0.717) is 13.2 Å². The summed E-state index contributed by atoms with van der Waals surface area (Å²) in [5.41, 5.74) is 13.2. The van der Waals surface area contributed by atoms with Crippen molar-refractivity contribution in [3.8, 4) is 5.75 Å². The second-order valence-electron chi connectivity index (χ2n) is 5.83. The van der Waals surface area contributed by atoms with Crippen LogP contribution in [-0.4, -0.2) is 37.9 Å². The average Bonchev–Trinajstić information content (AvgIpc) is 2.56. The summed E-state index contributed by atoms with van der Waals surface area (Å²) in [5.74, 6) is 0.834. The molecule has 1 aliphatic rings. The number of piperidine rings is 1. The van der Waals surface area contributed by atoms with E-state index in [1.165, 1.54) is 30.5 Å². The smallest absolute Gasteiger partial charge is 0.161 e. The number of amidine groups is 2. The summed E-state index contributed by atoms with van der Waals surface area (Å²) >= 11 is 0. The Hall–Kier alpha value is -2.24. The van der Waals surface area contributed by atoms with Crippen molar-refractivity contribution in [1.29, 1.82) is 5.41 Å². The van der Waals surface area contributed by atoms with E-state index >= 15 is 0 Å². The highest BCUT2D eigenvalue weighted by Crippen LogP contribution is 2.30. The van der Waals surface area contributed by atoms with Gasteiger partial charge in [-0.1, -0.05) is 6.07 Å². The van der Waals surface area contributed by atoms with Crippen LogP contribution >= 0.6 is 0 Å². The number of ether oxygens (including phenoxy) is 1. The zero-order valence-electron chi connectivity index (χ0n) is 13.8. The van der Waals surface area contributed by atoms with E-state index in [0.717, 1.165) is 25.3 Å². The van der Waals surface area contributed by atoms with Gasteiger partial charge in [0, 0.05) is 37.3 Å². The summed E-state index contributed by atoms with van der Waals surface area (Å²) in [6.45, 7) is 5.45. The summed E-state index contributed by atoms with van der Waals surface area (Å²) in [5, 5.41) is 7.15. The second-order valence-corrected chi connectivity index (χ2v) is 5.83. The van der Waals surface area contributed by atoms with Crippen LogP contribution in [0, 0.1) is 12.3 Å². The maximum atomic E-state index is 7.15. The molecule has 126 valence electrons. The molecule has 1 aliphatic heterocycles. The van der Waals surface area contributed by atoms with Gasteiger partial charge in [-0.3, -0.25) is 10.4 Å². The summed E-state index contributed by atoms with van der Waals surface area (Å²) in [6.07, 6.45) is 4.59. The van der Waals surface area contributed by atoms with Crippen LogP contribution in [0.3, 0.4) is 0 Å². The van der Waals surface area contributed by atoms with Gasteiger partial charge in [0.2, 0.25) is 0 Å². The molecule has 1 aromatic rings. The van der Waals surface area contributed by atoms with Gasteiger partial charge in [0.15, 0.2) is 11.7 Å².